The highest BCUT2D eigenvalue weighted by Crippen LogP contribution is 2.41. The SMILES string of the molecule is CC(C)(c1cc(F)c(C(=O)c2ccc(Cl)cc2)c(C(=O)O)c1)C1CCCCC1. The van der Waals surface area contributed by atoms with E-state index in [0.29, 0.717) is 16.5 Å². The third-order valence-electron chi connectivity index (χ3n) is 6.02. The van der Waals surface area contributed by atoms with Crippen molar-refractivity contribution in [1.82, 2.24) is 0 Å². The van der Waals surface area contributed by atoms with Crippen molar-refractivity contribution in [2.24, 2.45) is 5.92 Å². The van der Waals surface area contributed by atoms with Crippen molar-refractivity contribution in [1.29, 1.82) is 0 Å². The van der Waals surface area contributed by atoms with Gasteiger partial charge in [0.25, 0.3) is 0 Å². The smallest absolute Gasteiger partial charge is 0.336 e. The molecular weight excluding hydrogens is 379 g/mol. The van der Waals surface area contributed by atoms with Crippen LogP contribution in [0, 0.1) is 11.7 Å². The van der Waals surface area contributed by atoms with E-state index in [0.717, 1.165) is 25.7 Å². The zero-order valence-electron chi connectivity index (χ0n) is 16.1. The normalized spacial score (nSPS) is 15.4. The third-order valence-corrected chi connectivity index (χ3v) is 6.28. The van der Waals surface area contributed by atoms with Crippen LogP contribution in [0.1, 0.15) is 77.8 Å². The quantitative estimate of drug-likeness (QED) is 0.600. The van der Waals surface area contributed by atoms with Crippen molar-refractivity contribution >= 4 is 23.4 Å². The maximum Gasteiger partial charge on any atom is 0.336 e. The number of rotatable bonds is 5. The third kappa shape index (κ3) is 3.97. The van der Waals surface area contributed by atoms with Gasteiger partial charge in [0.2, 0.25) is 0 Å². The Balaban J connectivity index is 2.06. The van der Waals surface area contributed by atoms with Crippen molar-refractivity contribution in [3.63, 3.8) is 0 Å². The molecule has 1 N–H and O–H groups in total. The van der Waals surface area contributed by atoms with Gasteiger partial charge in [-0.05, 0) is 66.1 Å². The monoisotopic (exact) mass is 402 g/mol. The van der Waals surface area contributed by atoms with Crippen molar-refractivity contribution in [3.8, 4) is 0 Å². The highest BCUT2D eigenvalue weighted by molar-refractivity contribution is 6.30. The van der Waals surface area contributed by atoms with Gasteiger partial charge in [-0.3, -0.25) is 4.79 Å². The number of carboxylic acids is 1. The van der Waals surface area contributed by atoms with Gasteiger partial charge in [-0.1, -0.05) is 44.7 Å². The maximum atomic E-state index is 15.1. The topological polar surface area (TPSA) is 54.4 Å². The Hall–Kier alpha value is -2.20. The Morgan fingerprint density at radius 2 is 1.68 bits per heavy atom. The first-order chi connectivity index (χ1) is 13.2. The summed E-state index contributed by atoms with van der Waals surface area (Å²) < 4.78 is 15.1. The molecule has 0 unspecified atom stereocenters. The van der Waals surface area contributed by atoms with Crippen LogP contribution in [0.2, 0.25) is 5.02 Å². The van der Waals surface area contributed by atoms with E-state index in [-0.39, 0.29) is 16.5 Å². The summed E-state index contributed by atoms with van der Waals surface area (Å²) in [6.07, 6.45) is 5.56. The molecule has 2 aromatic carbocycles. The number of carbonyl (C=O) groups excluding carboxylic acids is 1. The molecule has 0 bridgehead atoms. The molecule has 5 heteroatoms. The van der Waals surface area contributed by atoms with Gasteiger partial charge in [-0.2, -0.15) is 0 Å². The lowest BCUT2D eigenvalue weighted by Crippen LogP contribution is -2.31. The van der Waals surface area contributed by atoms with Crippen LogP contribution in [0.25, 0.3) is 0 Å². The van der Waals surface area contributed by atoms with Crippen molar-refractivity contribution < 1.29 is 19.1 Å². The van der Waals surface area contributed by atoms with Crippen LogP contribution in [0.15, 0.2) is 36.4 Å². The van der Waals surface area contributed by atoms with Crippen LogP contribution in [0.3, 0.4) is 0 Å². The molecule has 148 valence electrons. The minimum Gasteiger partial charge on any atom is -0.478 e. The molecule has 3 nitrogen and oxygen atoms in total. The van der Waals surface area contributed by atoms with Gasteiger partial charge in [0, 0.05) is 10.6 Å². The van der Waals surface area contributed by atoms with Gasteiger partial charge in [0.1, 0.15) is 5.82 Å². The van der Waals surface area contributed by atoms with E-state index in [1.165, 1.54) is 42.8 Å². The van der Waals surface area contributed by atoms with Crippen LogP contribution >= 0.6 is 11.6 Å². The van der Waals surface area contributed by atoms with E-state index >= 15 is 4.39 Å². The van der Waals surface area contributed by atoms with E-state index in [4.69, 9.17) is 11.6 Å². The van der Waals surface area contributed by atoms with Crippen LogP contribution in [0.5, 0.6) is 0 Å². The molecule has 0 atom stereocenters. The molecular formula is C23H24ClFO3. The number of carbonyl (C=O) groups is 2. The lowest BCUT2D eigenvalue weighted by atomic mass is 9.67. The van der Waals surface area contributed by atoms with Crippen molar-refractivity contribution in [2.75, 3.05) is 0 Å². The second-order valence-electron chi connectivity index (χ2n) is 8.08. The van der Waals surface area contributed by atoms with Gasteiger partial charge < -0.3 is 5.11 Å². The van der Waals surface area contributed by atoms with Gasteiger partial charge in [0.15, 0.2) is 5.78 Å². The number of hydrogen-bond acceptors (Lipinski definition) is 2. The van der Waals surface area contributed by atoms with Crippen molar-refractivity contribution in [3.05, 3.63) is 69.5 Å². The van der Waals surface area contributed by atoms with E-state index in [9.17, 15) is 14.7 Å². The standard InChI is InChI=1S/C23H24ClFO3/c1-23(2,15-6-4-3-5-7-15)16-12-18(22(27)28)20(19(25)13-16)21(26)14-8-10-17(24)11-9-14/h8-13,15H,3-7H2,1-2H3,(H,27,28). The first-order valence-corrected chi connectivity index (χ1v) is 9.97. The molecule has 0 aromatic heterocycles. The summed E-state index contributed by atoms with van der Waals surface area (Å²) in [5.41, 5.74) is -0.239. The number of halogens is 2. The minimum atomic E-state index is -1.31. The predicted molar refractivity (Wildman–Crippen MR) is 108 cm³/mol. The summed E-state index contributed by atoms with van der Waals surface area (Å²) in [5, 5.41) is 10.1. The van der Waals surface area contributed by atoms with Crippen LogP contribution in [-0.2, 0) is 5.41 Å². The van der Waals surface area contributed by atoms with Gasteiger partial charge >= 0.3 is 5.97 Å². The summed E-state index contributed by atoms with van der Waals surface area (Å²) in [7, 11) is 0. The lowest BCUT2D eigenvalue weighted by Gasteiger charge is -2.38. The van der Waals surface area contributed by atoms with Gasteiger partial charge in [-0.25, -0.2) is 9.18 Å². The summed E-state index contributed by atoms with van der Waals surface area (Å²) in [6, 6.07) is 8.79. The van der Waals surface area contributed by atoms with E-state index in [2.05, 4.69) is 0 Å². The van der Waals surface area contributed by atoms with Crippen LogP contribution in [0.4, 0.5) is 4.39 Å². The average molecular weight is 403 g/mol. The van der Waals surface area contributed by atoms with Crippen LogP contribution < -0.4 is 0 Å². The number of ketones is 1. The maximum absolute atomic E-state index is 15.1. The molecule has 3 rings (SSSR count). The molecule has 0 amide bonds. The second-order valence-corrected chi connectivity index (χ2v) is 8.51. The molecule has 0 saturated heterocycles. The van der Waals surface area contributed by atoms with E-state index in [1.807, 2.05) is 13.8 Å². The minimum absolute atomic E-state index is 0.199. The average Bonchev–Trinajstić information content (AvgIpc) is 2.68. The largest absolute Gasteiger partial charge is 0.478 e. The molecule has 28 heavy (non-hydrogen) atoms. The Bertz CT molecular complexity index is 897. The number of benzene rings is 2. The fourth-order valence-electron chi connectivity index (χ4n) is 4.18. The highest BCUT2D eigenvalue weighted by atomic mass is 35.5. The Labute approximate surface area is 169 Å². The molecule has 0 heterocycles. The molecule has 0 radical (unpaired) electrons. The highest BCUT2D eigenvalue weighted by Gasteiger charge is 2.34. The fourth-order valence-corrected chi connectivity index (χ4v) is 4.31. The van der Waals surface area contributed by atoms with Crippen LogP contribution in [-0.4, -0.2) is 16.9 Å². The fraction of sp³-hybridized carbons (Fsp3) is 0.391. The number of aromatic carboxylic acids is 1. The molecule has 1 saturated carbocycles. The second kappa shape index (κ2) is 8.04. The lowest BCUT2D eigenvalue weighted by molar-refractivity contribution is 0.0691. The Kier molecular flexibility index (Phi) is 5.90. The van der Waals surface area contributed by atoms with Gasteiger partial charge in [-0.15, -0.1) is 0 Å². The molecule has 2 aromatic rings. The first kappa shape index (κ1) is 20.5. The Morgan fingerprint density at radius 3 is 2.25 bits per heavy atom. The van der Waals surface area contributed by atoms with Crippen molar-refractivity contribution in [2.45, 2.75) is 51.4 Å². The Morgan fingerprint density at radius 1 is 1.07 bits per heavy atom. The number of hydrogen-bond donors (Lipinski definition) is 1. The summed E-state index contributed by atoms with van der Waals surface area (Å²) in [4.78, 5) is 24.7. The zero-order chi connectivity index (χ0) is 20.5. The molecule has 1 fully saturated rings. The summed E-state index contributed by atoms with van der Waals surface area (Å²) in [5.74, 6) is -2.40. The van der Waals surface area contributed by atoms with E-state index in [1.54, 1.807) is 0 Å². The summed E-state index contributed by atoms with van der Waals surface area (Å²) >= 11 is 5.84. The molecule has 0 aliphatic heterocycles. The predicted octanol–water partition coefficient (Wildman–Crippen LogP) is 6.27. The van der Waals surface area contributed by atoms with E-state index < -0.39 is 23.1 Å². The first-order valence-electron chi connectivity index (χ1n) is 9.59. The summed E-state index contributed by atoms with van der Waals surface area (Å²) in [6.45, 7) is 4.06. The molecule has 1 aliphatic carbocycles. The zero-order valence-corrected chi connectivity index (χ0v) is 16.9. The van der Waals surface area contributed by atoms with Gasteiger partial charge in [0.05, 0.1) is 11.1 Å². The molecule has 1 aliphatic rings. The molecule has 0 spiro atoms. The number of carboxylic acid groups (broad SMARTS) is 1.